The van der Waals surface area contributed by atoms with Crippen LogP contribution in [-0.2, 0) is 0 Å². The largest absolute Gasteiger partial charge is 0.361 e. The molecule has 0 radical (unpaired) electrons. The number of fused-ring (bicyclic) bond motifs is 1. The quantitative estimate of drug-likeness (QED) is 0.715. The number of anilines is 1. The van der Waals surface area contributed by atoms with Crippen LogP contribution in [0.15, 0.2) is 54.7 Å². The van der Waals surface area contributed by atoms with E-state index in [1.165, 1.54) is 5.56 Å². The van der Waals surface area contributed by atoms with Gasteiger partial charge in [0.2, 0.25) is 0 Å². The van der Waals surface area contributed by atoms with Crippen molar-refractivity contribution in [1.29, 1.82) is 0 Å². The van der Waals surface area contributed by atoms with E-state index in [1.807, 2.05) is 49.4 Å². The topological polar surface area (TPSA) is 61.0 Å². The monoisotopic (exact) mass is 342 g/mol. The number of rotatable bonds is 3. The number of nitrogens with zero attached hydrogens (tertiary/aromatic N) is 2. The van der Waals surface area contributed by atoms with Gasteiger partial charge >= 0.3 is 0 Å². The van der Waals surface area contributed by atoms with E-state index < -0.39 is 0 Å². The summed E-state index contributed by atoms with van der Waals surface area (Å²) in [6, 6.07) is 15.6. The van der Waals surface area contributed by atoms with Crippen LogP contribution in [0, 0.1) is 19.3 Å². The summed E-state index contributed by atoms with van der Waals surface area (Å²) in [7, 11) is 0. The summed E-state index contributed by atoms with van der Waals surface area (Å²) in [5.74, 6) is 2.51. The first-order valence-electron chi connectivity index (χ1n) is 8.39. The molecule has 1 atom stereocenters. The maximum absolute atomic E-state index is 13.0. The number of hydrogen-bond donors (Lipinski definition) is 2. The molecule has 128 valence electrons. The Balaban J connectivity index is 1.80. The van der Waals surface area contributed by atoms with Crippen LogP contribution < -0.4 is 5.32 Å². The molecular weight excluding hydrogens is 324 g/mol. The van der Waals surface area contributed by atoms with E-state index in [1.54, 1.807) is 17.2 Å². The van der Waals surface area contributed by atoms with Gasteiger partial charge in [0.05, 0.1) is 24.0 Å². The van der Waals surface area contributed by atoms with Crippen LogP contribution in [0.1, 0.15) is 27.7 Å². The zero-order chi connectivity index (χ0) is 18.1. The van der Waals surface area contributed by atoms with Crippen molar-refractivity contribution in [3.63, 3.8) is 0 Å². The highest BCUT2D eigenvalue weighted by atomic mass is 16.2. The Kier molecular flexibility index (Phi) is 3.94. The standard InChI is InChI=1S/C21H18N4O/c1-3-12-25-20(23-18-7-5-4-6-16(18)21(25)26)17-13-22-24-19(17)15-10-8-14(2)9-11-15/h1,4-11,13,20,23H,12H2,2H3,(H,22,24). The van der Waals surface area contributed by atoms with Crippen molar-refractivity contribution in [3.8, 4) is 23.6 Å². The summed E-state index contributed by atoms with van der Waals surface area (Å²) >= 11 is 0. The number of aromatic amines is 1. The van der Waals surface area contributed by atoms with Crippen molar-refractivity contribution in [2.24, 2.45) is 0 Å². The minimum atomic E-state index is -0.386. The minimum Gasteiger partial charge on any atom is -0.361 e. The minimum absolute atomic E-state index is 0.0849. The van der Waals surface area contributed by atoms with Gasteiger partial charge in [0.1, 0.15) is 6.17 Å². The molecule has 0 spiro atoms. The van der Waals surface area contributed by atoms with E-state index in [9.17, 15) is 4.79 Å². The molecule has 1 aliphatic heterocycles. The van der Waals surface area contributed by atoms with Crippen LogP contribution in [0.2, 0.25) is 0 Å². The molecule has 0 bridgehead atoms. The lowest BCUT2D eigenvalue weighted by Crippen LogP contribution is -2.43. The summed E-state index contributed by atoms with van der Waals surface area (Å²) in [6.07, 6.45) is 6.89. The molecule has 0 aliphatic carbocycles. The van der Waals surface area contributed by atoms with Crippen LogP contribution in [0.3, 0.4) is 0 Å². The third-order valence-corrected chi connectivity index (χ3v) is 4.59. The van der Waals surface area contributed by atoms with Crippen molar-refractivity contribution >= 4 is 11.6 Å². The molecule has 1 aliphatic rings. The Morgan fingerprint density at radius 3 is 2.73 bits per heavy atom. The molecule has 0 saturated carbocycles. The fourth-order valence-electron chi connectivity index (χ4n) is 3.25. The highest BCUT2D eigenvalue weighted by molar-refractivity contribution is 6.02. The summed E-state index contributed by atoms with van der Waals surface area (Å²) in [5.41, 5.74) is 5.37. The fraction of sp³-hybridized carbons (Fsp3) is 0.143. The SMILES string of the molecule is C#CCN1C(=O)c2ccccc2NC1c1cn[nH]c1-c1ccc(C)cc1. The van der Waals surface area contributed by atoms with Gasteiger partial charge in [-0.05, 0) is 24.6 Å². The van der Waals surface area contributed by atoms with Gasteiger partial charge in [-0.2, -0.15) is 5.10 Å². The van der Waals surface area contributed by atoms with E-state index in [2.05, 4.69) is 21.4 Å². The molecular formula is C21H18N4O. The zero-order valence-corrected chi connectivity index (χ0v) is 14.4. The summed E-state index contributed by atoms with van der Waals surface area (Å²) in [6.45, 7) is 2.26. The lowest BCUT2D eigenvalue weighted by molar-refractivity contribution is 0.0712. The second-order valence-electron chi connectivity index (χ2n) is 6.30. The number of aromatic nitrogens is 2. The number of carbonyl (C=O) groups is 1. The summed E-state index contributed by atoms with van der Waals surface area (Å²) < 4.78 is 0. The molecule has 3 aromatic rings. The van der Waals surface area contributed by atoms with Gasteiger partial charge in [-0.25, -0.2) is 0 Å². The normalized spacial score (nSPS) is 15.9. The highest BCUT2D eigenvalue weighted by Crippen LogP contribution is 2.36. The Labute approximate surface area is 152 Å². The van der Waals surface area contributed by atoms with Crippen molar-refractivity contribution in [2.75, 3.05) is 11.9 Å². The maximum atomic E-state index is 13.0. The van der Waals surface area contributed by atoms with Crippen LogP contribution in [-0.4, -0.2) is 27.5 Å². The summed E-state index contributed by atoms with van der Waals surface area (Å²) in [5, 5.41) is 10.7. The molecule has 26 heavy (non-hydrogen) atoms. The molecule has 1 amide bonds. The number of carbonyl (C=O) groups excluding carboxylic acids is 1. The van der Waals surface area contributed by atoms with Gasteiger partial charge in [0.15, 0.2) is 0 Å². The van der Waals surface area contributed by atoms with Gasteiger partial charge in [-0.3, -0.25) is 9.89 Å². The number of benzene rings is 2. The van der Waals surface area contributed by atoms with Crippen molar-refractivity contribution in [3.05, 3.63) is 71.4 Å². The number of hydrogen-bond acceptors (Lipinski definition) is 3. The first-order valence-corrected chi connectivity index (χ1v) is 8.39. The van der Waals surface area contributed by atoms with Gasteiger partial charge in [0.25, 0.3) is 5.91 Å². The first kappa shape index (κ1) is 16.0. The molecule has 5 nitrogen and oxygen atoms in total. The lowest BCUT2D eigenvalue weighted by atomic mass is 10.0. The second kappa shape index (κ2) is 6.41. The average Bonchev–Trinajstić information content (AvgIpc) is 3.14. The third-order valence-electron chi connectivity index (χ3n) is 4.59. The predicted octanol–water partition coefficient (Wildman–Crippen LogP) is 3.58. The lowest BCUT2D eigenvalue weighted by Gasteiger charge is -2.36. The number of aryl methyl sites for hydroxylation is 1. The molecule has 1 unspecified atom stereocenters. The van der Waals surface area contributed by atoms with Crippen molar-refractivity contribution in [2.45, 2.75) is 13.1 Å². The second-order valence-corrected chi connectivity index (χ2v) is 6.30. The molecule has 0 saturated heterocycles. The molecule has 0 fully saturated rings. The van der Waals surface area contributed by atoms with Gasteiger partial charge < -0.3 is 10.2 Å². The van der Waals surface area contributed by atoms with Crippen LogP contribution in [0.4, 0.5) is 5.69 Å². The number of para-hydroxylation sites is 1. The third kappa shape index (κ3) is 2.62. The van der Waals surface area contributed by atoms with Crippen molar-refractivity contribution in [1.82, 2.24) is 15.1 Å². The van der Waals surface area contributed by atoms with E-state index >= 15 is 0 Å². The molecule has 2 heterocycles. The van der Waals surface area contributed by atoms with Crippen LogP contribution >= 0.6 is 0 Å². The number of terminal acetylenes is 1. The van der Waals surface area contributed by atoms with Crippen molar-refractivity contribution < 1.29 is 4.79 Å². The molecule has 4 rings (SSSR count). The van der Waals surface area contributed by atoms with Gasteiger partial charge in [-0.15, -0.1) is 6.42 Å². The van der Waals surface area contributed by atoms with E-state index in [-0.39, 0.29) is 18.6 Å². The van der Waals surface area contributed by atoms with E-state index in [4.69, 9.17) is 6.42 Å². The highest BCUT2D eigenvalue weighted by Gasteiger charge is 2.34. The Morgan fingerprint density at radius 1 is 1.19 bits per heavy atom. The number of amides is 1. The smallest absolute Gasteiger partial charge is 0.258 e. The van der Waals surface area contributed by atoms with Crippen LogP contribution in [0.25, 0.3) is 11.3 Å². The molecule has 2 N–H and O–H groups in total. The Bertz CT molecular complexity index is 997. The van der Waals surface area contributed by atoms with Gasteiger partial charge in [-0.1, -0.05) is 47.9 Å². The van der Waals surface area contributed by atoms with Gasteiger partial charge in [0, 0.05) is 11.3 Å². The molecule has 2 aromatic carbocycles. The average molecular weight is 342 g/mol. The molecule has 1 aromatic heterocycles. The molecule has 5 heteroatoms. The van der Waals surface area contributed by atoms with E-state index in [0.29, 0.717) is 5.56 Å². The zero-order valence-electron chi connectivity index (χ0n) is 14.4. The maximum Gasteiger partial charge on any atom is 0.258 e. The summed E-state index contributed by atoms with van der Waals surface area (Å²) in [4.78, 5) is 14.6. The fourth-order valence-corrected chi connectivity index (χ4v) is 3.25. The number of H-pyrrole nitrogens is 1. The number of nitrogens with one attached hydrogen (secondary N) is 2. The Morgan fingerprint density at radius 2 is 1.96 bits per heavy atom. The Hall–Kier alpha value is -3.52. The predicted molar refractivity (Wildman–Crippen MR) is 101 cm³/mol. The van der Waals surface area contributed by atoms with Crippen LogP contribution in [0.5, 0.6) is 0 Å². The first-order chi connectivity index (χ1) is 12.7. The van der Waals surface area contributed by atoms with E-state index in [0.717, 1.165) is 22.5 Å².